The number of hydrogen-bond acceptors (Lipinski definition) is 5. The van der Waals surface area contributed by atoms with Crippen LogP contribution in [0.25, 0.3) is 11.2 Å². The van der Waals surface area contributed by atoms with Gasteiger partial charge in [0.25, 0.3) is 0 Å². The lowest BCUT2D eigenvalue weighted by Gasteiger charge is -2.28. The molecule has 124 valence electrons. The van der Waals surface area contributed by atoms with Crippen LogP contribution < -0.4 is 10.2 Å². The lowest BCUT2D eigenvalue weighted by atomic mass is 10.1. The molecular formula is C17H18ClN5O. The first-order valence-electron chi connectivity index (χ1n) is 8.05. The molecule has 1 saturated heterocycles. The van der Waals surface area contributed by atoms with E-state index in [-0.39, 0.29) is 5.75 Å². The molecule has 0 radical (unpaired) electrons. The second-order valence-electron chi connectivity index (χ2n) is 5.98. The van der Waals surface area contributed by atoms with Gasteiger partial charge in [-0.25, -0.2) is 9.97 Å². The lowest BCUT2D eigenvalue weighted by Crippen LogP contribution is -2.29. The predicted octanol–water partition coefficient (Wildman–Crippen LogP) is 4.05. The van der Waals surface area contributed by atoms with Crippen LogP contribution in [-0.2, 0) is 0 Å². The first-order valence-corrected chi connectivity index (χ1v) is 8.43. The van der Waals surface area contributed by atoms with Gasteiger partial charge in [-0.2, -0.15) is 0 Å². The maximum atomic E-state index is 9.90. The zero-order valence-corrected chi connectivity index (χ0v) is 13.8. The molecule has 0 spiro atoms. The summed E-state index contributed by atoms with van der Waals surface area (Å²) in [5.74, 6) is 0.632. The summed E-state index contributed by atoms with van der Waals surface area (Å²) in [6, 6.07) is 6.87. The van der Waals surface area contributed by atoms with Gasteiger partial charge in [0, 0.05) is 18.1 Å². The number of aromatic amines is 1. The zero-order chi connectivity index (χ0) is 16.5. The smallest absolute Gasteiger partial charge is 0.207 e. The highest BCUT2D eigenvalue weighted by Gasteiger charge is 2.13. The van der Waals surface area contributed by atoms with E-state index in [0.717, 1.165) is 24.3 Å². The quantitative estimate of drug-likeness (QED) is 0.625. The third-order valence-corrected chi connectivity index (χ3v) is 4.49. The average molecular weight is 344 g/mol. The number of nitrogens with zero attached hydrogens (tertiary/aromatic N) is 3. The lowest BCUT2D eigenvalue weighted by molar-refractivity contribution is 0.477. The van der Waals surface area contributed by atoms with Crippen molar-refractivity contribution in [2.75, 3.05) is 23.3 Å². The summed E-state index contributed by atoms with van der Waals surface area (Å²) in [4.78, 5) is 14.5. The number of aromatic hydroxyl groups is 1. The second-order valence-corrected chi connectivity index (χ2v) is 6.42. The molecule has 3 heterocycles. The van der Waals surface area contributed by atoms with E-state index >= 15 is 0 Å². The predicted molar refractivity (Wildman–Crippen MR) is 96.4 cm³/mol. The fourth-order valence-electron chi connectivity index (χ4n) is 3.00. The van der Waals surface area contributed by atoms with Crippen molar-refractivity contribution in [1.82, 2.24) is 15.0 Å². The number of benzene rings is 1. The Morgan fingerprint density at radius 3 is 2.83 bits per heavy atom. The molecule has 3 aromatic rings. The van der Waals surface area contributed by atoms with Crippen LogP contribution in [-0.4, -0.2) is 33.1 Å². The van der Waals surface area contributed by atoms with Crippen LogP contribution in [0.15, 0.2) is 30.5 Å². The van der Waals surface area contributed by atoms with Gasteiger partial charge in [0.05, 0.1) is 17.6 Å². The van der Waals surface area contributed by atoms with E-state index in [1.165, 1.54) is 19.3 Å². The third-order valence-electron chi connectivity index (χ3n) is 4.26. The van der Waals surface area contributed by atoms with E-state index < -0.39 is 0 Å². The molecule has 0 saturated carbocycles. The maximum Gasteiger partial charge on any atom is 0.207 e. The number of aromatic nitrogens is 3. The molecule has 0 atom stereocenters. The Morgan fingerprint density at radius 1 is 1.17 bits per heavy atom. The minimum absolute atomic E-state index is 0.113. The monoisotopic (exact) mass is 343 g/mol. The normalized spacial score (nSPS) is 15.0. The summed E-state index contributed by atoms with van der Waals surface area (Å²) in [5, 5.41) is 13.5. The average Bonchev–Trinajstić information content (AvgIpc) is 3.00. The van der Waals surface area contributed by atoms with Crippen LogP contribution in [0.1, 0.15) is 19.3 Å². The number of phenols is 1. The van der Waals surface area contributed by atoms with Crippen LogP contribution in [0.5, 0.6) is 5.75 Å². The second kappa shape index (κ2) is 6.20. The molecule has 3 N–H and O–H groups in total. The Morgan fingerprint density at radius 2 is 2.00 bits per heavy atom. The Bertz CT molecular complexity index is 873. The van der Waals surface area contributed by atoms with Gasteiger partial charge in [-0.15, -0.1) is 0 Å². The van der Waals surface area contributed by atoms with Gasteiger partial charge in [-0.1, -0.05) is 11.6 Å². The number of hydrogen-bond donors (Lipinski definition) is 3. The molecule has 24 heavy (non-hydrogen) atoms. The van der Waals surface area contributed by atoms with Gasteiger partial charge in [-0.05, 0) is 43.5 Å². The minimum atomic E-state index is 0.113. The van der Waals surface area contributed by atoms with Crippen molar-refractivity contribution in [2.24, 2.45) is 0 Å². The summed E-state index contributed by atoms with van der Waals surface area (Å²) in [6.07, 6.45) is 5.62. The van der Waals surface area contributed by atoms with E-state index in [4.69, 9.17) is 11.6 Å². The Balaban J connectivity index is 1.62. The number of piperidine rings is 1. The van der Waals surface area contributed by atoms with E-state index in [1.54, 1.807) is 18.2 Å². The number of rotatable bonds is 3. The van der Waals surface area contributed by atoms with Gasteiger partial charge in [0.15, 0.2) is 5.65 Å². The molecule has 1 fully saturated rings. The van der Waals surface area contributed by atoms with Gasteiger partial charge >= 0.3 is 0 Å². The van der Waals surface area contributed by atoms with Gasteiger partial charge in [0.1, 0.15) is 11.3 Å². The standard InChI is InChI=1S/C17H18ClN5O/c18-11-4-5-15(24)13(8-11)20-17-21-14-9-12(10-19-16(14)22-17)23-6-2-1-3-7-23/h4-5,8-10,24H,1-3,6-7H2,(H2,19,20,21,22). The van der Waals surface area contributed by atoms with E-state index in [2.05, 4.69) is 25.2 Å². The van der Waals surface area contributed by atoms with E-state index in [9.17, 15) is 5.11 Å². The fourth-order valence-corrected chi connectivity index (χ4v) is 3.18. The van der Waals surface area contributed by atoms with Crippen molar-refractivity contribution in [3.63, 3.8) is 0 Å². The van der Waals surface area contributed by atoms with Crippen molar-refractivity contribution in [1.29, 1.82) is 0 Å². The number of phenolic OH excluding ortho intramolecular Hbond substituents is 1. The Kier molecular flexibility index (Phi) is 3.90. The Labute approximate surface area is 144 Å². The molecule has 4 rings (SSSR count). The highest BCUT2D eigenvalue weighted by molar-refractivity contribution is 6.30. The topological polar surface area (TPSA) is 77.1 Å². The molecule has 0 bridgehead atoms. The summed E-state index contributed by atoms with van der Waals surface area (Å²) in [7, 11) is 0. The number of pyridine rings is 1. The molecular weight excluding hydrogens is 326 g/mol. The first-order chi connectivity index (χ1) is 11.7. The van der Waals surface area contributed by atoms with Gasteiger partial charge in [0.2, 0.25) is 5.95 Å². The molecule has 1 aliphatic heterocycles. The number of anilines is 3. The molecule has 0 aliphatic carbocycles. The molecule has 6 nitrogen and oxygen atoms in total. The van der Waals surface area contributed by atoms with Crippen LogP contribution in [0.2, 0.25) is 5.02 Å². The molecule has 2 aromatic heterocycles. The molecule has 1 aliphatic rings. The summed E-state index contributed by atoms with van der Waals surface area (Å²) >= 11 is 5.97. The highest BCUT2D eigenvalue weighted by Crippen LogP contribution is 2.29. The Hall–Kier alpha value is -2.47. The van der Waals surface area contributed by atoms with Crippen LogP contribution >= 0.6 is 11.6 Å². The fraction of sp³-hybridized carbons (Fsp3) is 0.294. The zero-order valence-electron chi connectivity index (χ0n) is 13.1. The van der Waals surface area contributed by atoms with Crippen LogP contribution in [0, 0.1) is 0 Å². The SMILES string of the molecule is Oc1ccc(Cl)cc1Nc1nc2cc(N3CCCCC3)cnc2[nH]1. The third kappa shape index (κ3) is 2.97. The number of fused-ring (bicyclic) bond motifs is 1. The van der Waals surface area contributed by atoms with E-state index in [0.29, 0.717) is 22.3 Å². The first kappa shape index (κ1) is 15.1. The number of imidazole rings is 1. The number of H-pyrrole nitrogens is 1. The molecule has 0 unspecified atom stereocenters. The van der Waals surface area contributed by atoms with Crippen molar-refractivity contribution in [2.45, 2.75) is 19.3 Å². The summed E-state index contributed by atoms with van der Waals surface area (Å²) in [5.41, 5.74) is 3.10. The van der Waals surface area contributed by atoms with Gasteiger partial charge < -0.3 is 20.3 Å². The summed E-state index contributed by atoms with van der Waals surface area (Å²) < 4.78 is 0. The number of nitrogens with one attached hydrogen (secondary N) is 2. The summed E-state index contributed by atoms with van der Waals surface area (Å²) in [6.45, 7) is 2.14. The van der Waals surface area contributed by atoms with E-state index in [1.807, 2.05) is 12.3 Å². The molecule has 1 aromatic carbocycles. The largest absolute Gasteiger partial charge is 0.506 e. The van der Waals surface area contributed by atoms with Gasteiger partial charge in [-0.3, -0.25) is 0 Å². The van der Waals surface area contributed by atoms with Crippen LogP contribution in [0.3, 0.4) is 0 Å². The van der Waals surface area contributed by atoms with Crippen molar-refractivity contribution in [3.8, 4) is 5.75 Å². The van der Waals surface area contributed by atoms with Crippen LogP contribution in [0.4, 0.5) is 17.3 Å². The number of halogens is 1. The molecule has 7 heteroatoms. The minimum Gasteiger partial charge on any atom is -0.506 e. The maximum absolute atomic E-state index is 9.90. The van der Waals surface area contributed by atoms with Crippen molar-refractivity contribution < 1.29 is 5.11 Å². The molecule has 0 amide bonds. The van der Waals surface area contributed by atoms with Crippen molar-refractivity contribution >= 4 is 40.1 Å². The van der Waals surface area contributed by atoms with Crippen molar-refractivity contribution in [3.05, 3.63) is 35.5 Å². The highest BCUT2D eigenvalue weighted by atomic mass is 35.5.